The van der Waals surface area contributed by atoms with E-state index in [0.717, 1.165) is 12.1 Å². The van der Waals surface area contributed by atoms with Crippen LogP contribution in [-0.4, -0.2) is 53.2 Å². The van der Waals surface area contributed by atoms with Gasteiger partial charge in [0.15, 0.2) is 0 Å². The third-order valence-electron chi connectivity index (χ3n) is 2.81. The second-order valence-electron chi connectivity index (χ2n) is 4.32. The quantitative estimate of drug-likeness (QED) is 0.613. The maximum absolute atomic E-state index is 13.1. The van der Waals surface area contributed by atoms with Crippen LogP contribution >= 0.6 is 15.9 Å². The summed E-state index contributed by atoms with van der Waals surface area (Å²) in [6.45, 7) is 1.28. The summed E-state index contributed by atoms with van der Waals surface area (Å²) in [6, 6.07) is 3.52. The molecule has 0 spiro atoms. The summed E-state index contributed by atoms with van der Waals surface area (Å²) in [5.41, 5.74) is 0. The van der Waals surface area contributed by atoms with Crippen molar-refractivity contribution in [3.63, 3.8) is 0 Å². The summed E-state index contributed by atoms with van der Waals surface area (Å²) in [5.74, 6) is -0.497. The largest absolute Gasteiger partial charge is 0.385 e. The molecule has 0 bridgehead atoms. The van der Waals surface area contributed by atoms with Crippen LogP contribution in [0.5, 0.6) is 0 Å². The molecule has 0 radical (unpaired) electrons. The van der Waals surface area contributed by atoms with E-state index < -0.39 is 15.8 Å². The molecule has 0 aromatic heterocycles. The maximum Gasteiger partial charge on any atom is 0.244 e. The van der Waals surface area contributed by atoms with Crippen LogP contribution in [0.3, 0.4) is 0 Å². The third kappa shape index (κ3) is 5.30. The minimum absolute atomic E-state index is 0.0393. The Morgan fingerprint density at radius 2 is 1.86 bits per heavy atom. The van der Waals surface area contributed by atoms with E-state index in [1.54, 1.807) is 7.11 Å². The topological polar surface area (TPSA) is 55.8 Å². The first kappa shape index (κ1) is 18.5. The fraction of sp³-hybridized carbons (Fsp3) is 0.538. The normalized spacial score (nSPS) is 12.0. The molecule has 0 aliphatic carbocycles. The van der Waals surface area contributed by atoms with Gasteiger partial charge < -0.3 is 9.47 Å². The summed E-state index contributed by atoms with van der Waals surface area (Å²) in [6.07, 6.45) is 0.568. The number of benzene rings is 1. The Hall–Kier alpha value is -0.540. The number of ether oxygens (including phenoxy) is 2. The Morgan fingerprint density at radius 1 is 1.19 bits per heavy atom. The Bertz CT molecular complexity index is 553. The Kier molecular flexibility index (Phi) is 7.75. The van der Waals surface area contributed by atoms with E-state index in [2.05, 4.69) is 15.9 Å². The predicted octanol–water partition coefficient (Wildman–Crippen LogP) is 2.26. The molecule has 1 aromatic carbocycles. The minimum Gasteiger partial charge on any atom is -0.385 e. The van der Waals surface area contributed by atoms with Gasteiger partial charge in [0.05, 0.1) is 11.5 Å². The van der Waals surface area contributed by atoms with Gasteiger partial charge in [0.25, 0.3) is 0 Å². The van der Waals surface area contributed by atoms with E-state index in [0.29, 0.717) is 19.6 Å². The molecule has 1 rings (SSSR count). The highest BCUT2D eigenvalue weighted by atomic mass is 79.9. The van der Waals surface area contributed by atoms with E-state index in [-0.39, 0.29) is 22.5 Å². The first-order valence-electron chi connectivity index (χ1n) is 6.36. The van der Waals surface area contributed by atoms with Crippen LogP contribution in [0.1, 0.15) is 6.42 Å². The smallest absolute Gasteiger partial charge is 0.244 e. The second kappa shape index (κ2) is 8.79. The number of hydrogen-bond acceptors (Lipinski definition) is 4. The highest BCUT2D eigenvalue weighted by molar-refractivity contribution is 9.10. The van der Waals surface area contributed by atoms with Crippen molar-refractivity contribution in [2.75, 3.05) is 40.5 Å². The molecule has 0 heterocycles. The van der Waals surface area contributed by atoms with Gasteiger partial charge in [-0.3, -0.25) is 0 Å². The van der Waals surface area contributed by atoms with Crippen molar-refractivity contribution in [2.24, 2.45) is 0 Å². The first-order chi connectivity index (χ1) is 9.93. The molecule has 0 aliphatic heterocycles. The van der Waals surface area contributed by atoms with Crippen LogP contribution in [0, 0.1) is 5.82 Å². The standard InChI is InChI=1S/C13H19BrFNO4S/c1-19-8-3-6-16(7-9-20-2)21(17,18)13-5-4-11(15)10-12(13)14/h4-5,10H,3,6-9H2,1-2H3. The lowest BCUT2D eigenvalue weighted by molar-refractivity contribution is 0.164. The fourth-order valence-electron chi connectivity index (χ4n) is 1.75. The maximum atomic E-state index is 13.1. The number of halogens is 2. The van der Waals surface area contributed by atoms with Gasteiger partial charge >= 0.3 is 0 Å². The van der Waals surface area contributed by atoms with E-state index in [1.165, 1.54) is 17.5 Å². The highest BCUT2D eigenvalue weighted by Crippen LogP contribution is 2.26. The first-order valence-corrected chi connectivity index (χ1v) is 8.60. The average molecular weight is 384 g/mol. The van der Waals surface area contributed by atoms with Crippen LogP contribution in [0.25, 0.3) is 0 Å². The van der Waals surface area contributed by atoms with Gasteiger partial charge in [-0.2, -0.15) is 4.31 Å². The zero-order valence-corrected chi connectivity index (χ0v) is 14.4. The summed E-state index contributed by atoms with van der Waals surface area (Å²) in [4.78, 5) is 0.0393. The molecule has 0 amide bonds. The van der Waals surface area contributed by atoms with E-state index in [1.807, 2.05) is 0 Å². The van der Waals surface area contributed by atoms with Crippen molar-refractivity contribution in [1.29, 1.82) is 0 Å². The van der Waals surface area contributed by atoms with Crippen LogP contribution < -0.4 is 0 Å². The average Bonchev–Trinajstić information content (AvgIpc) is 2.42. The molecule has 0 N–H and O–H groups in total. The molecule has 0 saturated carbocycles. The minimum atomic E-state index is -3.72. The Balaban J connectivity index is 3.01. The van der Waals surface area contributed by atoms with Gasteiger partial charge in [-0.1, -0.05) is 0 Å². The van der Waals surface area contributed by atoms with Gasteiger partial charge in [0.1, 0.15) is 5.82 Å². The lowest BCUT2D eigenvalue weighted by atomic mass is 10.3. The fourth-order valence-corrected chi connectivity index (χ4v) is 4.23. The van der Waals surface area contributed by atoms with E-state index >= 15 is 0 Å². The van der Waals surface area contributed by atoms with Crippen LogP contribution in [0.4, 0.5) is 4.39 Å². The van der Waals surface area contributed by atoms with Crippen molar-refractivity contribution in [3.8, 4) is 0 Å². The molecule has 1 aromatic rings. The van der Waals surface area contributed by atoms with Crippen molar-refractivity contribution < 1.29 is 22.3 Å². The van der Waals surface area contributed by atoms with Crippen molar-refractivity contribution in [2.45, 2.75) is 11.3 Å². The van der Waals surface area contributed by atoms with Crippen LogP contribution in [-0.2, 0) is 19.5 Å². The molecule has 0 fully saturated rings. The molecular weight excluding hydrogens is 365 g/mol. The highest BCUT2D eigenvalue weighted by Gasteiger charge is 2.26. The molecule has 8 heteroatoms. The number of methoxy groups -OCH3 is 2. The van der Waals surface area contributed by atoms with Gasteiger partial charge in [0, 0.05) is 38.4 Å². The zero-order valence-electron chi connectivity index (χ0n) is 12.0. The number of nitrogens with zero attached hydrogens (tertiary/aromatic N) is 1. The lowest BCUT2D eigenvalue weighted by Gasteiger charge is -2.22. The van der Waals surface area contributed by atoms with E-state index in [9.17, 15) is 12.8 Å². The molecule has 0 aliphatic rings. The third-order valence-corrected chi connectivity index (χ3v) is 5.69. The van der Waals surface area contributed by atoms with Crippen LogP contribution in [0.15, 0.2) is 27.6 Å². The van der Waals surface area contributed by atoms with Crippen LogP contribution in [0.2, 0.25) is 0 Å². The molecular formula is C13H19BrFNO4S. The molecule has 120 valence electrons. The van der Waals surface area contributed by atoms with Gasteiger partial charge in [-0.25, -0.2) is 12.8 Å². The van der Waals surface area contributed by atoms with Crippen molar-refractivity contribution in [3.05, 3.63) is 28.5 Å². The van der Waals surface area contributed by atoms with Gasteiger partial charge in [0.2, 0.25) is 10.0 Å². The van der Waals surface area contributed by atoms with Crippen molar-refractivity contribution >= 4 is 26.0 Å². The SMILES string of the molecule is COCCCN(CCOC)S(=O)(=O)c1ccc(F)cc1Br. The zero-order chi connectivity index (χ0) is 15.9. The summed E-state index contributed by atoms with van der Waals surface area (Å²) < 4.78 is 49.8. The summed E-state index contributed by atoms with van der Waals surface area (Å²) >= 11 is 3.10. The van der Waals surface area contributed by atoms with Gasteiger partial charge in [-0.05, 0) is 40.5 Å². The lowest BCUT2D eigenvalue weighted by Crippen LogP contribution is -2.35. The number of rotatable bonds is 9. The second-order valence-corrected chi connectivity index (χ2v) is 7.08. The van der Waals surface area contributed by atoms with Crippen molar-refractivity contribution in [1.82, 2.24) is 4.31 Å². The molecule has 0 unspecified atom stereocenters. The summed E-state index contributed by atoms with van der Waals surface area (Å²) in [7, 11) is -0.649. The number of hydrogen-bond donors (Lipinski definition) is 0. The molecule has 0 atom stereocenters. The number of sulfonamides is 1. The Morgan fingerprint density at radius 3 is 2.43 bits per heavy atom. The monoisotopic (exact) mass is 383 g/mol. The van der Waals surface area contributed by atoms with Gasteiger partial charge in [-0.15, -0.1) is 0 Å². The Labute approximate surface area is 133 Å². The predicted molar refractivity (Wildman–Crippen MR) is 81.2 cm³/mol. The molecule has 0 saturated heterocycles. The molecule has 21 heavy (non-hydrogen) atoms. The molecule has 5 nitrogen and oxygen atoms in total. The van der Waals surface area contributed by atoms with E-state index in [4.69, 9.17) is 9.47 Å². The summed E-state index contributed by atoms with van der Waals surface area (Å²) in [5, 5.41) is 0.